The van der Waals surface area contributed by atoms with E-state index in [1.165, 1.54) is 17.7 Å². The Labute approximate surface area is 215 Å². The number of rotatable bonds is 12. The molecule has 2 aromatic heterocycles. The molecule has 9 heteroatoms. The molecule has 0 atom stereocenters. The molecule has 0 amide bonds. The average molecular weight is 509 g/mol. The minimum absolute atomic E-state index is 0.298. The Balaban J connectivity index is 1.57. The molecule has 8 nitrogen and oxygen atoms in total. The Hall–Kier alpha value is -3.43. The van der Waals surface area contributed by atoms with Crippen LogP contribution in [-0.2, 0) is 4.74 Å². The van der Waals surface area contributed by atoms with E-state index in [-0.39, 0.29) is 5.97 Å². The van der Waals surface area contributed by atoms with E-state index in [0.29, 0.717) is 35.4 Å². The van der Waals surface area contributed by atoms with Crippen molar-refractivity contribution in [2.24, 2.45) is 0 Å². The number of methoxy groups -OCH3 is 1. The lowest BCUT2D eigenvalue weighted by atomic mass is 10.2. The number of esters is 1. The van der Waals surface area contributed by atoms with Crippen LogP contribution < -0.4 is 14.8 Å². The molecule has 0 unspecified atom stereocenters. The van der Waals surface area contributed by atoms with Gasteiger partial charge in [-0.25, -0.2) is 14.8 Å². The number of nitrogens with zero attached hydrogens (tertiary/aromatic N) is 3. The smallest absolute Gasteiger partial charge is 0.348 e. The minimum Gasteiger partial charge on any atom is -0.493 e. The van der Waals surface area contributed by atoms with Crippen LogP contribution in [0.1, 0.15) is 36.9 Å². The summed E-state index contributed by atoms with van der Waals surface area (Å²) in [5.41, 5.74) is 1.61. The van der Waals surface area contributed by atoms with E-state index in [9.17, 15) is 4.79 Å². The molecule has 1 N–H and O–H groups in total. The third kappa shape index (κ3) is 5.85. The number of hydrogen-bond acceptors (Lipinski definition) is 9. The molecule has 0 aliphatic rings. The van der Waals surface area contributed by atoms with Gasteiger partial charge in [-0.1, -0.05) is 13.8 Å². The molecule has 0 aliphatic carbocycles. The summed E-state index contributed by atoms with van der Waals surface area (Å²) in [5.74, 6) is 1.67. The maximum absolute atomic E-state index is 12.1. The first-order valence-electron chi connectivity index (χ1n) is 12.2. The van der Waals surface area contributed by atoms with Crippen LogP contribution in [0.5, 0.6) is 11.5 Å². The van der Waals surface area contributed by atoms with E-state index in [0.717, 1.165) is 52.7 Å². The Morgan fingerprint density at radius 1 is 1.06 bits per heavy atom. The lowest BCUT2D eigenvalue weighted by Crippen LogP contribution is -2.25. The monoisotopic (exact) mass is 508 g/mol. The van der Waals surface area contributed by atoms with Gasteiger partial charge in [0.05, 0.1) is 25.8 Å². The zero-order valence-electron chi connectivity index (χ0n) is 21.2. The molecule has 0 saturated carbocycles. The molecule has 36 heavy (non-hydrogen) atoms. The molecule has 2 aromatic carbocycles. The zero-order valence-corrected chi connectivity index (χ0v) is 22.0. The number of thiophene rings is 1. The molecule has 0 fully saturated rings. The molecular weight excluding hydrogens is 476 g/mol. The highest BCUT2D eigenvalue weighted by Gasteiger charge is 2.14. The highest BCUT2D eigenvalue weighted by atomic mass is 32.1. The Morgan fingerprint density at radius 3 is 2.64 bits per heavy atom. The van der Waals surface area contributed by atoms with Gasteiger partial charge in [-0.05, 0) is 62.2 Å². The van der Waals surface area contributed by atoms with Gasteiger partial charge < -0.3 is 24.4 Å². The molecule has 0 radical (unpaired) electrons. The van der Waals surface area contributed by atoms with Crippen LogP contribution in [0.4, 0.5) is 11.5 Å². The molecule has 190 valence electrons. The van der Waals surface area contributed by atoms with Gasteiger partial charge in [-0.2, -0.15) is 0 Å². The number of fused-ring (bicyclic) bond motifs is 2. The zero-order chi connectivity index (χ0) is 25.5. The molecule has 0 saturated heterocycles. The van der Waals surface area contributed by atoms with Gasteiger partial charge in [0, 0.05) is 28.4 Å². The quantitative estimate of drug-likeness (QED) is 0.187. The van der Waals surface area contributed by atoms with E-state index < -0.39 is 0 Å². The number of carbonyl (C=O) groups excluding carboxylic acids is 1. The highest BCUT2D eigenvalue weighted by Crippen LogP contribution is 2.35. The van der Waals surface area contributed by atoms with Gasteiger partial charge >= 0.3 is 5.97 Å². The van der Waals surface area contributed by atoms with E-state index in [4.69, 9.17) is 14.2 Å². The van der Waals surface area contributed by atoms with Crippen molar-refractivity contribution in [1.82, 2.24) is 14.9 Å². The SMILES string of the molecule is CCOC(=O)c1cc2cc(Nc3ncnc4cc(OC)c(OCCCN(CC)CC)cc34)ccc2s1. The Bertz CT molecular complexity index is 1340. The van der Waals surface area contributed by atoms with Gasteiger partial charge in [-0.3, -0.25) is 0 Å². The largest absolute Gasteiger partial charge is 0.493 e. The number of aromatic nitrogens is 2. The number of ether oxygens (including phenoxy) is 3. The lowest BCUT2D eigenvalue weighted by Gasteiger charge is -2.18. The predicted molar refractivity (Wildman–Crippen MR) is 145 cm³/mol. The number of anilines is 2. The van der Waals surface area contributed by atoms with Gasteiger partial charge in [0.1, 0.15) is 17.0 Å². The normalized spacial score (nSPS) is 11.2. The van der Waals surface area contributed by atoms with Crippen LogP contribution in [0.15, 0.2) is 42.7 Å². The van der Waals surface area contributed by atoms with Crippen molar-refractivity contribution in [2.45, 2.75) is 27.2 Å². The van der Waals surface area contributed by atoms with Crippen LogP contribution >= 0.6 is 11.3 Å². The van der Waals surface area contributed by atoms with Crippen molar-refractivity contribution >= 4 is 49.8 Å². The highest BCUT2D eigenvalue weighted by molar-refractivity contribution is 7.20. The van der Waals surface area contributed by atoms with E-state index in [1.807, 2.05) is 36.4 Å². The van der Waals surface area contributed by atoms with Crippen LogP contribution in [0, 0.1) is 0 Å². The van der Waals surface area contributed by atoms with Crippen molar-refractivity contribution in [2.75, 3.05) is 45.3 Å². The van der Waals surface area contributed by atoms with Crippen LogP contribution in [0.3, 0.4) is 0 Å². The standard InChI is InChI=1S/C27H32N4O4S/c1-5-31(6-2)11-8-12-35-23-15-20-21(16-22(23)33-4)28-17-29-26(20)30-19-9-10-24-18(13-19)14-25(36-24)27(32)34-7-3/h9-10,13-17H,5-8,11-12H2,1-4H3,(H,28,29,30). The topological polar surface area (TPSA) is 85.8 Å². The maximum Gasteiger partial charge on any atom is 0.348 e. The van der Waals surface area contributed by atoms with Crippen LogP contribution in [-0.4, -0.2) is 60.8 Å². The van der Waals surface area contributed by atoms with E-state index in [2.05, 4.69) is 34.0 Å². The fourth-order valence-corrected chi connectivity index (χ4v) is 4.94. The van der Waals surface area contributed by atoms with Crippen LogP contribution in [0.2, 0.25) is 0 Å². The second kappa shape index (κ2) is 12.0. The third-order valence-corrected chi connectivity index (χ3v) is 7.04. The molecule has 0 spiro atoms. The summed E-state index contributed by atoms with van der Waals surface area (Å²) in [6.07, 6.45) is 2.45. The van der Waals surface area contributed by atoms with Crippen molar-refractivity contribution < 1.29 is 19.0 Å². The van der Waals surface area contributed by atoms with Gasteiger partial charge in [-0.15, -0.1) is 11.3 Å². The average Bonchev–Trinajstić information content (AvgIpc) is 3.32. The summed E-state index contributed by atoms with van der Waals surface area (Å²) >= 11 is 1.42. The minimum atomic E-state index is -0.298. The summed E-state index contributed by atoms with van der Waals surface area (Å²) < 4.78 is 17.8. The van der Waals surface area contributed by atoms with Crippen molar-refractivity contribution in [3.05, 3.63) is 47.6 Å². The summed E-state index contributed by atoms with van der Waals surface area (Å²) in [6, 6.07) is 11.6. The number of nitrogens with one attached hydrogen (secondary N) is 1. The number of hydrogen-bond donors (Lipinski definition) is 1. The van der Waals surface area contributed by atoms with Crippen molar-refractivity contribution in [3.8, 4) is 11.5 Å². The molecule has 0 bridgehead atoms. The van der Waals surface area contributed by atoms with E-state index in [1.54, 1.807) is 14.0 Å². The summed E-state index contributed by atoms with van der Waals surface area (Å²) in [4.78, 5) is 24.0. The number of benzene rings is 2. The Morgan fingerprint density at radius 2 is 1.89 bits per heavy atom. The summed E-state index contributed by atoms with van der Waals surface area (Å²) in [6.45, 7) is 10.1. The number of carbonyl (C=O) groups is 1. The second-order valence-electron chi connectivity index (χ2n) is 8.18. The van der Waals surface area contributed by atoms with Gasteiger partial charge in [0.2, 0.25) is 0 Å². The first kappa shape index (κ1) is 25.7. The Kier molecular flexibility index (Phi) is 8.56. The molecular formula is C27H32N4O4S. The maximum atomic E-state index is 12.1. The molecule has 4 rings (SSSR count). The third-order valence-electron chi connectivity index (χ3n) is 5.95. The van der Waals surface area contributed by atoms with Gasteiger partial charge in [0.15, 0.2) is 11.5 Å². The van der Waals surface area contributed by atoms with Crippen molar-refractivity contribution in [1.29, 1.82) is 0 Å². The summed E-state index contributed by atoms with van der Waals surface area (Å²) in [7, 11) is 1.63. The summed E-state index contributed by atoms with van der Waals surface area (Å²) in [5, 5.41) is 5.19. The van der Waals surface area contributed by atoms with Gasteiger partial charge in [0.25, 0.3) is 0 Å². The fraction of sp³-hybridized carbons (Fsp3) is 0.370. The van der Waals surface area contributed by atoms with Crippen LogP contribution in [0.25, 0.3) is 21.0 Å². The van der Waals surface area contributed by atoms with Crippen molar-refractivity contribution in [3.63, 3.8) is 0 Å². The fourth-order valence-electron chi connectivity index (χ4n) is 4.01. The first-order chi connectivity index (χ1) is 17.6. The predicted octanol–water partition coefficient (Wildman–Crippen LogP) is 5.88. The lowest BCUT2D eigenvalue weighted by molar-refractivity contribution is 0.0532. The molecule has 0 aliphatic heterocycles. The second-order valence-corrected chi connectivity index (χ2v) is 9.26. The molecule has 2 heterocycles. The first-order valence-corrected chi connectivity index (χ1v) is 13.0. The molecule has 4 aromatic rings. The van der Waals surface area contributed by atoms with E-state index >= 15 is 0 Å².